The molecule has 8 nitrogen and oxygen atoms in total. The fraction of sp³-hybridized carbons (Fsp3) is 0.400. The number of likely N-dealkylation sites (tertiary alicyclic amines) is 1. The molecule has 0 bridgehead atoms. The Morgan fingerprint density at radius 2 is 1.93 bits per heavy atom. The number of aromatic nitrogens is 5. The molecule has 3 aromatic heterocycles. The Bertz CT molecular complexity index is 1090. The largest absolute Gasteiger partial charge is 0.297 e. The number of pyridine rings is 1. The van der Waals surface area contributed by atoms with Gasteiger partial charge in [0.25, 0.3) is 0 Å². The monoisotopic (exact) mass is 412 g/mol. The van der Waals surface area contributed by atoms with E-state index in [9.17, 15) is 8.42 Å². The van der Waals surface area contributed by atoms with Gasteiger partial charge in [0.05, 0.1) is 11.4 Å². The average Bonchev–Trinajstić information content (AvgIpc) is 3.12. The second-order valence-corrected chi connectivity index (χ2v) is 9.44. The Kier molecular flexibility index (Phi) is 5.42. The number of nitrogens with zero attached hydrogens (tertiary/aromatic N) is 6. The zero-order valence-corrected chi connectivity index (χ0v) is 17.4. The first kappa shape index (κ1) is 19.7. The van der Waals surface area contributed by atoms with Crippen molar-refractivity contribution in [2.75, 3.05) is 19.3 Å². The second-order valence-electron chi connectivity index (χ2n) is 7.45. The first-order valence-corrected chi connectivity index (χ1v) is 11.5. The Labute approximate surface area is 170 Å². The average molecular weight is 413 g/mol. The molecule has 0 radical (unpaired) electrons. The van der Waals surface area contributed by atoms with Crippen molar-refractivity contribution < 1.29 is 8.42 Å². The van der Waals surface area contributed by atoms with Crippen LogP contribution in [0.25, 0.3) is 11.4 Å². The van der Waals surface area contributed by atoms with E-state index < -0.39 is 9.84 Å². The molecule has 0 amide bonds. The van der Waals surface area contributed by atoms with E-state index >= 15 is 0 Å². The van der Waals surface area contributed by atoms with Crippen molar-refractivity contribution in [2.24, 2.45) is 7.05 Å². The zero-order valence-electron chi connectivity index (χ0n) is 16.6. The SMILES string of the molecule is Cn1nccc1CN1CCC(c2nc(-c3cccnc3)ncc2S(C)(=O)=O)CC1. The predicted octanol–water partition coefficient (Wildman–Crippen LogP) is 2.06. The van der Waals surface area contributed by atoms with Crippen LogP contribution in [0.4, 0.5) is 0 Å². The number of aryl methyl sites for hydroxylation is 1. The normalized spacial score (nSPS) is 16.2. The van der Waals surface area contributed by atoms with Gasteiger partial charge in [-0.15, -0.1) is 0 Å². The third-order valence-corrected chi connectivity index (χ3v) is 6.50. The third kappa shape index (κ3) is 4.35. The summed E-state index contributed by atoms with van der Waals surface area (Å²) < 4.78 is 26.6. The van der Waals surface area contributed by atoms with Gasteiger partial charge in [-0.1, -0.05) is 0 Å². The molecule has 0 aliphatic carbocycles. The molecule has 4 heterocycles. The Morgan fingerprint density at radius 1 is 1.14 bits per heavy atom. The van der Waals surface area contributed by atoms with Crippen molar-refractivity contribution in [1.82, 2.24) is 29.6 Å². The quantitative estimate of drug-likeness (QED) is 0.633. The van der Waals surface area contributed by atoms with Gasteiger partial charge in [0.15, 0.2) is 15.7 Å². The molecular formula is C20H24N6O2S. The van der Waals surface area contributed by atoms with Crippen molar-refractivity contribution >= 4 is 9.84 Å². The first-order chi connectivity index (χ1) is 13.9. The summed E-state index contributed by atoms with van der Waals surface area (Å²) in [6.45, 7) is 2.60. The van der Waals surface area contributed by atoms with Crippen LogP contribution in [-0.2, 0) is 23.4 Å². The minimum atomic E-state index is -3.41. The molecule has 0 atom stereocenters. The lowest BCUT2D eigenvalue weighted by Gasteiger charge is -2.32. The summed E-state index contributed by atoms with van der Waals surface area (Å²) in [5.74, 6) is 0.596. The highest BCUT2D eigenvalue weighted by Crippen LogP contribution is 2.32. The summed E-state index contributed by atoms with van der Waals surface area (Å²) in [6.07, 6.45) is 9.55. The van der Waals surface area contributed by atoms with E-state index in [2.05, 4.69) is 25.0 Å². The smallest absolute Gasteiger partial charge is 0.178 e. The van der Waals surface area contributed by atoms with Gasteiger partial charge in [0.1, 0.15) is 4.90 Å². The summed E-state index contributed by atoms with van der Waals surface area (Å²) in [5.41, 5.74) is 2.57. The van der Waals surface area contributed by atoms with Crippen LogP contribution in [0.2, 0.25) is 0 Å². The molecule has 152 valence electrons. The summed E-state index contributed by atoms with van der Waals surface area (Å²) in [6, 6.07) is 5.72. The van der Waals surface area contributed by atoms with Crippen LogP contribution in [0, 0.1) is 0 Å². The Hall–Kier alpha value is -2.65. The number of hydrogen-bond acceptors (Lipinski definition) is 7. The van der Waals surface area contributed by atoms with E-state index in [0.29, 0.717) is 11.5 Å². The molecular weight excluding hydrogens is 388 g/mol. The predicted molar refractivity (Wildman–Crippen MR) is 109 cm³/mol. The maximum atomic E-state index is 12.3. The fourth-order valence-corrected chi connectivity index (χ4v) is 4.58. The minimum absolute atomic E-state index is 0.0842. The molecule has 0 aromatic carbocycles. The van der Waals surface area contributed by atoms with E-state index in [-0.39, 0.29) is 10.8 Å². The topological polar surface area (TPSA) is 93.9 Å². The van der Waals surface area contributed by atoms with Gasteiger partial charge in [-0.25, -0.2) is 18.4 Å². The van der Waals surface area contributed by atoms with Gasteiger partial charge in [0, 0.05) is 56.1 Å². The van der Waals surface area contributed by atoms with E-state index in [0.717, 1.165) is 38.0 Å². The standard InChI is InChI=1S/C20H24N6O2S/c1-25-17(5-9-23-25)14-26-10-6-15(7-11-26)19-18(29(2,27)28)13-22-20(24-19)16-4-3-8-21-12-16/h3-5,8-9,12-13,15H,6-7,10-11,14H2,1-2H3. The lowest BCUT2D eigenvalue weighted by molar-refractivity contribution is 0.198. The number of piperidine rings is 1. The van der Waals surface area contributed by atoms with Crippen LogP contribution in [0.5, 0.6) is 0 Å². The molecule has 29 heavy (non-hydrogen) atoms. The lowest BCUT2D eigenvalue weighted by Crippen LogP contribution is -2.33. The van der Waals surface area contributed by atoms with Gasteiger partial charge in [0.2, 0.25) is 0 Å². The highest BCUT2D eigenvalue weighted by molar-refractivity contribution is 7.90. The minimum Gasteiger partial charge on any atom is -0.297 e. The van der Waals surface area contributed by atoms with Crippen LogP contribution in [-0.4, -0.2) is 57.4 Å². The highest BCUT2D eigenvalue weighted by atomic mass is 32.2. The first-order valence-electron chi connectivity index (χ1n) is 9.58. The molecule has 0 saturated carbocycles. The zero-order chi connectivity index (χ0) is 20.4. The van der Waals surface area contributed by atoms with Gasteiger partial charge in [-0.2, -0.15) is 5.10 Å². The highest BCUT2D eigenvalue weighted by Gasteiger charge is 2.28. The molecule has 1 fully saturated rings. The second kappa shape index (κ2) is 8.00. The van der Waals surface area contributed by atoms with E-state index in [4.69, 9.17) is 0 Å². The van der Waals surface area contributed by atoms with Crippen molar-refractivity contribution in [3.8, 4) is 11.4 Å². The van der Waals surface area contributed by atoms with Crippen molar-refractivity contribution in [3.05, 3.63) is 54.4 Å². The summed E-state index contributed by atoms with van der Waals surface area (Å²) in [7, 11) is -1.46. The van der Waals surface area contributed by atoms with Gasteiger partial charge < -0.3 is 0 Å². The Balaban J connectivity index is 1.58. The van der Waals surface area contributed by atoms with Gasteiger partial charge in [-0.05, 0) is 44.1 Å². The van der Waals surface area contributed by atoms with Crippen molar-refractivity contribution in [2.45, 2.75) is 30.2 Å². The Morgan fingerprint density at radius 3 is 2.55 bits per heavy atom. The summed E-state index contributed by atoms with van der Waals surface area (Å²) in [5, 5.41) is 4.22. The summed E-state index contributed by atoms with van der Waals surface area (Å²) >= 11 is 0. The van der Waals surface area contributed by atoms with Crippen LogP contribution < -0.4 is 0 Å². The fourth-order valence-electron chi connectivity index (χ4n) is 3.75. The van der Waals surface area contributed by atoms with E-state index in [1.807, 2.05) is 29.9 Å². The third-order valence-electron chi connectivity index (χ3n) is 5.38. The molecule has 3 aromatic rings. The van der Waals surface area contributed by atoms with Crippen LogP contribution in [0.3, 0.4) is 0 Å². The maximum absolute atomic E-state index is 12.3. The van der Waals surface area contributed by atoms with Crippen molar-refractivity contribution in [1.29, 1.82) is 0 Å². The number of sulfone groups is 1. The van der Waals surface area contributed by atoms with E-state index in [1.165, 1.54) is 18.1 Å². The van der Waals surface area contributed by atoms with Crippen molar-refractivity contribution in [3.63, 3.8) is 0 Å². The molecule has 9 heteroatoms. The molecule has 4 rings (SSSR count). The van der Waals surface area contributed by atoms with Gasteiger partial charge >= 0.3 is 0 Å². The molecule has 1 saturated heterocycles. The molecule has 0 N–H and O–H groups in total. The number of hydrogen-bond donors (Lipinski definition) is 0. The lowest BCUT2D eigenvalue weighted by atomic mass is 9.93. The maximum Gasteiger partial charge on any atom is 0.178 e. The van der Waals surface area contributed by atoms with Crippen LogP contribution >= 0.6 is 0 Å². The van der Waals surface area contributed by atoms with Crippen LogP contribution in [0.1, 0.15) is 30.1 Å². The van der Waals surface area contributed by atoms with Gasteiger partial charge in [-0.3, -0.25) is 14.6 Å². The molecule has 0 unspecified atom stereocenters. The molecule has 1 aliphatic heterocycles. The van der Waals surface area contributed by atoms with E-state index in [1.54, 1.807) is 18.6 Å². The van der Waals surface area contributed by atoms with Crippen LogP contribution in [0.15, 0.2) is 47.9 Å². The number of rotatable bonds is 5. The molecule has 0 spiro atoms. The molecule has 1 aliphatic rings. The summed E-state index contributed by atoms with van der Waals surface area (Å²) in [4.78, 5) is 15.7.